The maximum Gasteiger partial charge on any atom is 0.284 e. The summed E-state index contributed by atoms with van der Waals surface area (Å²) in [6, 6.07) is 14.3. The normalized spacial score (nSPS) is 10.5. The van der Waals surface area contributed by atoms with E-state index in [0.29, 0.717) is 17.2 Å². The summed E-state index contributed by atoms with van der Waals surface area (Å²) in [6.07, 6.45) is 0. The minimum atomic E-state index is -0.168. The number of carbonyl (C=O) groups is 1. The molecule has 0 bridgehead atoms. The van der Waals surface area contributed by atoms with Crippen LogP contribution in [-0.4, -0.2) is 22.4 Å². The summed E-state index contributed by atoms with van der Waals surface area (Å²) in [5.41, 5.74) is 1.34. The fourth-order valence-corrected chi connectivity index (χ4v) is 2.70. The maximum atomic E-state index is 12.2. The molecule has 0 aliphatic heterocycles. The van der Waals surface area contributed by atoms with Crippen LogP contribution in [0.25, 0.3) is 11.5 Å². The number of rotatable bonds is 4. The van der Waals surface area contributed by atoms with Gasteiger partial charge in [0.1, 0.15) is 5.75 Å². The zero-order valence-corrected chi connectivity index (χ0v) is 14.4. The average Bonchev–Trinajstić information content (AvgIpc) is 3.04. The second-order valence-electron chi connectivity index (χ2n) is 4.50. The predicted octanol–water partition coefficient (Wildman–Crippen LogP) is 4.44. The van der Waals surface area contributed by atoms with Crippen molar-refractivity contribution in [1.82, 2.24) is 10.2 Å². The highest BCUT2D eigenvalue weighted by atomic mass is 79.9. The molecule has 0 aliphatic rings. The van der Waals surface area contributed by atoms with Gasteiger partial charge in [0.05, 0.1) is 7.11 Å². The summed E-state index contributed by atoms with van der Waals surface area (Å²) in [7, 11) is 1.58. The lowest BCUT2D eigenvalue weighted by atomic mass is 10.2. The van der Waals surface area contributed by atoms with E-state index in [1.165, 1.54) is 0 Å². The van der Waals surface area contributed by atoms with Gasteiger partial charge in [0.15, 0.2) is 0 Å². The first kappa shape index (κ1) is 15.8. The first-order valence-corrected chi connectivity index (χ1v) is 8.22. The Labute approximate surface area is 145 Å². The van der Waals surface area contributed by atoms with Crippen molar-refractivity contribution < 1.29 is 13.9 Å². The van der Waals surface area contributed by atoms with E-state index in [9.17, 15) is 4.79 Å². The Bertz CT molecular complexity index is 816. The van der Waals surface area contributed by atoms with E-state index in [4.69, 9.17) is 9.15 Å². The van der Waals surface area contributed by atoms with Gasteiger partial charge >= 0.3 is 0 Å². The van der Waals surface area contributed by atoms with E-state index < -0.39 is 0 Å². The van der Waals surface area contributed by atoms with Gasteiger partial charge in [0.25, 0.3) is 5.22 Å². The van der Waals surface area contributed by atoms with E-state index in [-0.39, 0.29) is 10.3 Å². The van der Waals surface area contributed by atoms with Gasteiger partial charge in [-0.1, -0.05) is 15.9 Å². The molecule has 0 radical (unpaired) electrons. The van der Waals surface area contributed by atoms with Crippen molar-refractivity contribution in [2.75, 3.05) is 7.11 Å². The summed E-state index contributed by atoms with van der Waals surface area (Å²) in [5, 5.41) is 7.91. The number of ether oxygens (including phenoxy) is 1. The Morgan fingerprint density at radius 3 is 2.43 bits per heavy atom. The lowest BCUT2D eigenvalue weighted by molar-refractivity contribution is 0.108. The van der Waals surface area contributed by atoms with Crippen LogP contribution in [0.15, 0.2) is 62.6 Å². The van der Waals surface area contributed by atoms with Gasteiger partial charge in [-0.25, -0.2) is 0 Å². The monoisotopic (exact) mass is 390 g/mol. The second kappa shape index (κ2) is 6.97. The molecule has 3 rings (SSSR count). The van der Waals surface area contributed by atoms with E-state index >= 15 is 0 Å². The molecular formula is C16H11BrN2O3S. The highest BCUT2D eigenvalue weighted by Gasteiger charge is 2.15. The van der Waals surface area contributed by atoms with E-state index in [2.05, 4.69) is 26.1 Å². The minimum absolute atomic E-state index is 0.168. The Kier molecular flexibility index (Phi) is 4.78. The second-order valence-corrected chi connectivity index (χ2v) is 6.34. The van der Waals surface area contributed by atoms with Crippen LogP contribution in [0.1, 0.15) is 10.4 Å². The highest BCUT2D eigenvalue weighted by molar-refractivity contribution is 9.10. The molecule has 0 saturated carbocycles. The molecule has 23 heavy (non-hydrogen) atoms. The number of nitrogens with zero attached hydrogens (tertiary/aromatic N) is 2. The van der Waals surface area contributed by atoms with Crippen LogP contribution in [0.2, 0.25) is 0 Å². The van der Waals surface area contributed by atoms with Gasteiger partial charge in [-0.2, -0.15) is 0 Å². The molecule has 0 N–H and O–H groups in total. The first-order chi connectivity index (χ1) is 11.2. The third-order valence-corrected chi connectivity index (χ3v) is 4.29. The number of benzene rings is 2. The number of thioether (sulfide) groups is 1. The van der Waals surface area contributed by atoms with Crippen LogP contribution >= 0.6 is 27.7 Å². The number of halogens is 1. The standard InChI is InChI=1S/C16H11BrN2O3S/c1-21-13-8-4-11(5-9-13)15(20)23-16-19-18-14(22-16)10-2-6-12(17)7-3-10/h2-9H,1H3. The smallest absolute Gasteiger partial charge is 0.284 e. The molecule has 1 aromatic heterocycles. The largest absolute Gasteiger partial charge is 0.497 e. The summed E-state index contributed by atoms with van der Waals surface area (Å²) < 4.78 is 11.6. The predicted molar refractivity (Wildman–Crippen MR) is 90.6 cm³/mol. The van der Waals surface area contributed by atoms with Gasteiger partial charge in [-0.15, -0.1) is 10.2 Å². The lowest BCUT2D eigenvalue weighted by Crippen LogP contribution is -1.93. The molecule has 116 valence electrons. The number of hydrogen-bond acceptors (Lipinski definition) is 6. The quantitative estimate of drug-likeness (QED) is 0.613. The fourth-order valence-electron chi connectivity index (χ4n) is 1.83. The third kappa shape index (κ3) is 3.80. The first-order valence-electron chi connectivity index (χ1n) is 6.61. The Balaban J connectivity index is 1.73. The van der Waals surface area contributed by atoms with Gasteiger partial charge in [-0.3, -0.25) is 4.79 Å². The van der Waals surface area contributed by atoms with Crippen molar-refractivity contribution in [3.05, 3.63) is 58.6 Å². The van der Waals surface area contributed by atoms with E-state index in [1.807, 2.05) is 24.3 Å². The zero-order chi connectivity index (χ0) is 16.2. The van der Waals surface area contributed by atoms with Gasteiger partial charge in [0.2, 0.25) is 11.0 Å². The van der Waals surface area contributed by atoms with Crippen molar-refractivity contribution in [3.63, 3.8) is 0 Å². The molecule has 0 aliphatic carbocycles. The Morgan fingerprint density at radius 2 is 1.78 bits per heavy atom. The summed E-state index contributed by atoms with van der Waals surface area (Å²) in [4.78, 5) is 12.2. The Hall–Kier alpha value is -2.12. The van der Waals surface area contributed by atoms with Gasteiger partial charge < -0.3 is 9.15 Å². The van der Waals surface area contributed by atoms with E-state index in [0.717, 1.165) is 21.8 Å². The van der Waals surface area contributed by atoms with Gasteiger partial charge in [0, 0.05) is 27.4 Å². The molecule has 1 heterocycles. The number of hydrogen-bond donors (Lipinski definition) is 0. The third-order valence-electron chi connectivity index (χ3n) is 3.00. The molecule has 0 unspecified atom stereocenters. The fraction of sp³-hybridized carbons (Fsp3) is 0.0625. The molecule has 2 aromatic carbocycles. The summed E-state index contributed by atoms with van der Waals surface area (Å²) in [6.45, 7) is 0. The molecule has 0 atom stereocenters. The highest BCUT2D eigenvalue weighted by Crippen LogP contribution is 2.27. The number of aromatic nitrogens is 2. The van der Waals surface area contributed by atoms with Crippen LogP contribution < -0.4 is 4.74 Å². The topological polar surface area (TPSA) is 65.2 Å². The van der Waals surface area contributed by atoms with Crippen molar-refractivity contribution in [2.45, 2.75) is 5.22 Å². The number of methoxy groups -OCH3 is 1. The molecule has 5 nitrogen and oxygen atoms in total. The zero-order valence-electron chi connectivity index (χ0n) is 12.0. The summed E-state index contributed by atoms with van der Waals surface area (Å²) in [5.74, 6) is 1.07. The average molecular weight is 391 g/mol. The SMILES string of the molecule is COc1ccc(C(=O)Sc2nnc(-c3ccc(Br)cc3)o2)cc1. The molecule has 0 fully saturated rings. The van der Waals surface area contributed by atoms with Crippen LogP contribution in [0, 0.1) is 0 Å². The molecule has 7 heteroatoms. The summed E-state index contributed by atoms with van der Waals surface area (Å²) >= 11 is 4.27. The minimum Gasteiger partial charge on any atom is -0.497 e. The van der Waals surface area contributed by atoms with Crippen LogP contribution in [0.4, 0.5) is 0 Å². The molecule has 3 aromatic rings. The van der Waals surface area contributed by atoms with Crippen LogP contribution in [0.5, 0.6) is 5.75 Å². The van der Waals surface area contributed by atoms with Crippen LogP contribution in [-0.2, 0) is 0 Å². The maximum absolute atomic E-state index is 12.2. The van der Waals surface area contributed by atoms with Gasteiger partial charge in [-0.05, 0) is 48.5 Å². The van der Waals surface area contributed by atoms with Crippen LogP contribution in [0.3, 0.4) is 0 Å². The van der Waals surface area contributed by atoms with Crippen molar-refractivity contribution in [1.29, 1.82) is 0 Å². The molecule has 0 spiro atoms. The number of carbonyl (C=O) groups excluding carboxylic acids is 1. The molecule has 0 amide bonds. The van der Waals surface area contributed by atoms with E-state index in [1.54, 1.807) is 31.4 Å². The molecule has 0 saturated heterocycles. The lowest BCUT2D eigenvalue weighted by Gasteiger charge is -2.00. The van der Waals surface area contributed by atoms with Crippen molar-refractivity contribution in [3.8, 4) is 17.2 Å². The Morgan fingerprint density at radius 1 is 1.09 bits per heavy atom. The molecular weight excluding hydrogens is 380 g/mol. The van der Waals surface area contributed by atoms with Crippen molar-refractivity contribution >= 4 is 32.8 Å². The van der Waals surface area contributed by atoms with Crippen molar-refractivity contribution in [2.24, 2.45) is 0 Å².